The first-order valence-electron chi connectivity index (χ1n) is 8.18. The number of hydrogen-bond donors (Lipinski definition) is 2. The van der Waals surface area contributed by atoms with Crippen LogP contribution in [0.3, 0.4) is 0 Å². The summed E-state index contributed by atoms with van der Waals surface area (Å²) in [4.78, 5) is 20.6. The molecule has 6 heteroatoms. The third kappa shape index (κ3) is 4.02. The second kappa shape index (κ2) is 7.90. The van der Waals surface area contributed by atoms with Gasteiger partial charge >= 0.3 is 0 Å². The highest BCUT2D eigenvalue weighted by Crippen LogP contribution is 2.18. The molecule has 3 rings (SSSR count). The van der Waals surface area contributed by atoms with Crippen molar-refractivity contribution in [3.63, 3.8) is 0 Å². The van der Waals surface area contributed by atoms with Gasteiger partial charge in [-0.25, -0.2) is 9.97 Å². The molecule has 1 aromatic heterocycles. The smallest absolute Gasteiger partial charge is 0.275 e. The second-order valence-corrected chi connectivity index (χ2v) is 5.57. The van der Waals surface area contributed by atoms with E-state index in [0.717, 1.165) is 6.42 Å². The van der Waals surface area contributed by atoms with Crippen LogP contribution in [0.2, 0.25) is 0 Å². The molecule has 2 aromatic carbocycles. The summed E-state index contributed by atoms with van der Waals surface area (Å²) in [5, 5.41) is 14.9. The molecule has 0 unspecified atom stereocenters. The van der Waals surface area contributed by atoms with E-state index in [1.165, 1.54) is 18.0 Å². The van der Waals surface area contributed by atoms with Crippen LogP contribution in [0.4, 0.5) is 17.2 Å². The fourth-order valence-corrected chi connectivity index (χ4v) is 2.36. The number of para-hydroxylation sites is 1. The van der Waals surface area contributed by atoms with Crippen molar-refractivity contribution in [2.75, 3.05) is 10.6 Å². The van der Waals surface area contributed by atoms with Crippen LogP contribution in [0.1, 0.15) is 28.5 Å². The minimum Gasteiger partial charge on any atom is -0.338 e. The fraction of sp³-hybridized carbons (Fsp3) is 0.100. The minimum atomic E-state index is -0.328. The minimum absolute atomic E-state index is 0.212. The molecule has 0 bridgehead atoms. The van der Waals surface area contributed by atoms with E-state index in [2.05, 4.69) is 33.6 Å². The van der Waals surface area contributed by atoms with Crippen molar-refractivity contribution in [3.8, 4) is 6.07 Å². The average molecular weight is 343 g/mol. The lowest BCUT2D eigenvalue weighted by Gasteiger charge is -2.08. The summed E-state index contributed by atoms with van der Waals surface area (Å²) in [5.74, 6) is 0.127. The molecule has 2 N–H and O–H groups in total. The number of aromatic nitrogens is 2. The number of nitrogens with one attached hydrogen (secondary N) is 2. The van der Waals surface area contributed by atoms with Crippen LogP contribution in [-0.4, -0.2) is 15.9 Å². The average Bonchev–Trinajstić information content (AvgIpc) is 2.69. The molecule has 0 fully saturated rings. The highest BCUT2D eigenvalue weighted by atomic mass is 16.1. The SMILES string of the molecule is CCc1ccc(NC(=O)c2cnc(Nc3ccccc3C#N)cn2)cc1. The van der Waals surface area contributed by atoms with Crippen molar-refractivity contribution >= 4 is 23.1 Å². The zero-order valence-corrected chi connectivity index (χ0v) is 14.2. The molecule has 0 spiro atoms. The molecule has 6 nitrogen and oxygen atoms in total. The molecule has 1 heterocycles. The Morgan fingerprint density at radius 2 is 1.85 bits per heavy atom. The molecule has 0 atom stereocenters. The number of carbonyl (C=O) groups excluding carboxylic acids is 1. The number of benzene rings is 2. The Kier molecular flexibility index (Phi) is 5.20. The third-order valence-electron chi connectivity index (χ3n) is 3.81. The molecule has 0 radical (unpaired) electrons. The number of nitrogens with zero attached hydrogens (tertiary/aromatic N) is 3. The van der Waals surface area contributed by atoms with E-state index in [0.29, 0.717) is 22.8 Å². The number of carbonyl (C=O) groups is 1. The summed E-state index contributed by atoms with van der Waals surface area (Å²) in [5.41, 5.74) is 3.27. The zero-order valence-electron chi connectivity index (χ0n) is 14.2. The maximum Gasteiger partial charge on any atom is 0.275 e. The lowest BCUT2D eigenvalue weighted by atomic mass is 10.1. The monoisotopic (exact) mass is 343 g/mol. The van der Waals surface area contributed by atoms with Crippen LogP contribution < -0.4 is 10.6 Å². The van der Waals surface area contributed by atoms with Crippen molar-refractivity contribution < 1.29 is 4.79 Å². The number of rotatable bonds is 5. The molecule has 0 saturated heterocycles. The molecule has 0 aliphatic rings. The Labute approximate surface area is 151 Å². The first kappa shape index (κ1) is 17.1. The highest BCUT2D eigenvalue weighted by Gasteiger charge is 2.09. The Bertz CT molecular complexity index is 943. The lowest BCUT2D eigenvalue weighted by molar-refractivity contribution is 0.102. The van der Waals surface area contributed by atoms with Gasteiger partial charge in [-0.3, -0.25) is 4.79 Å². The van der Waals surface area contributed by atoms with E-state index in [4.69, 9.17) is 5.26 Å². The maximum atomic E-state index is 12.3. The van der Waals surface area contributed by atoms with Crippen LogP contribution >= 0.6 is 0 Å². The van der Waals surface area contributed by atoms with E-state index in [9.17, 15) is 4.79 Å². The summed E-state index contributed by atoms with van der Waals surface area (Å²) < 4.78 is 0. The number of aryl methyl sites for hydroxylation is 1. The molecule has 26 heavy (non-hydrogen) atoms. The molecular formula is C20H17N5O. The first-order valence-corrected chi connectivity index (χ1v) is 8.18. The number of anilines is 3. The molecule has 3 aromatic rings. The Morgan fingerprint density at radius 1 is 1.08 bits per heavy atom. The summed E-state index contributed by atoms with van der Waals surface area (Å²) in [7, 11) is 0. The van der Waals surface area contributed by atoms with Gasteiger partial charge in [0, 0.05) is 5.69 Å². The van der Waals surface area contributed by atoms with Gasteiger partial charge in [-0.1, -0.05) is 31.2 Å². The van der Waals surface area contributed by atoms with Crippen LogP contribution in [0.15, 0.2) is 60.9 Å². The first-order chi connectivity index (χ1) is 12.7. The van der Waals surface area contributed by atoms with Gasteiger partial charge in [0.1, 0.15) is 17.6 Å². The Balaban J connectivity index is 1.68. The molecule has 0 aliphatic heterocycles. The van der Waals surface area contributed by atoms with E-state index in [-0.39, 0.29) is 11.6 Å². The second-order valence-electron chi connectivity index (χ2n) is 5.57. The van der Waals surface area contributed by atoms with Gasteiger partial charge in [0.05, 0.1) is 23.6 Å². The molecule has 0 saturated carbocycles. The van der Waals surface area contributed by atoms with E-state index >= 15 is 0 Å². The van der Waals surface area contributed by atoms with Crippen LogP contribution in [0.25, 0.3) is 0 Å². The molecule has 0 aliphatic carbocycles. The standard InChI is InChI=1S/C20H17N5O/c1-2-14-7-9-16(10-8-14)24-20(26)18-12-23-19(13-22-18)25-17-6-4-3-5-15(17)11-21/h3-10,12-13H,2H2,1H3,(H,23,25)(H,24,26). The lowest BCUT2D eigenvalue weighted by Crippen LogP contribution is -2.14. The number of amides is 1. The molecule has 128 valence electrons. The predicted octanol–water partition coefficient (Wildman–Crippen LogP) is 3.91. The van der Waals surface area contributed by atoms with E-state index in [1.54, 1.807) is 18.2 Å². The quantitative estimate of drug-likeness (QED) is 0.733. The van der Waals surface area contributed by atoms with Crippen LogP contribution in [-0.2, 0) is 6.42 Å². The highest BCUT2D eigenvalue weighted by molar-refractivity contribution is 6.02. The summed E-state index contributed by atoms with van der Waals surface area (Å²) >= 11 is 0. The fourth-order valence-electron chi connectivity index (χ4n) is 2.36. The molecule has 1 amide bonds. The van der Waals surface area contributed by atoms with E-state index in [1.807, 2.05) is 30.3 Å². The Morgan fingerprint density at radius 3 is 2.50 bits per heavy atom. The van der Waals surface area contributed by atoms with Crippen molar-refractivity contribution in [1.82, 2.24) is 9.97 Å². The normalized spacial score (nSPS) is 10.0. The van der Waals surface area contributed by atoms with Gasteiger partial charge in [0.2, 0.25) is 0 Å². The summed E-state index contributed by atoms with van der Waals surface area (Å²) in [6.07, 6.45) is 3.80. The van der Waals surface area contributed by atoms with Crippen molar-refractivity contribution in [2.24, 2.45) is 0 Å². The summed E-state index contributed by atoms with van der Waals surface area (Å²) in [6.45, 7) is 2.08. The van der Waals surface area contributed by atoms with Gasteiger partial charge in [0.15, 0.2) is 0 Å². The summed E-state index contributed by atoms with van der Waals surface area (Å²) in [6, 6.07) is 16.9. The Hall–Kier alpha value is -3.72. The predicted molar refractivity (Wildman–Crippen MR) is 100 cm³/mol. The van der Waals surface area contributed by atoms with Crippen LogP contribution in [0, 0.1) is 11.3 Å². The number of nitriles is 1. The van der Waals surface area contributed by atoms with Gasteiger partial charge in [0.25, 0.3) is 5.91 Å². The maximum absolute atomic E-state index is 12.3. The molecular weight excluding hydrogens is 326 g/mol. The van der Waals surface area contributed by atoms with Crippen molar-refractivity contribution in [3.05, 3.63) is 77.7 Å². The third-order valence-corrected chi connectivity index (χ3v) is 3.81. The van der Waals surface area contributed by atoms with Gasteiger partial charge in [-0.05, 0) is 36.2 Å². The van der Waals surface area contributed by atoms with Gasteiger partial charge < -0.3 is 10.6 Å². The topological polar surface area (TPSA) is 90.7 Å². The zero-order chi connectivity index (χ0) is 18.4. The van der Waals surface area contributed by atoms with Gasteiger partial charge in [-0.15, -0.1) is 0 Å². The largest absolute Gasteiger partial charge is 0.338 e. The van der Waals surface area contributed by atoms with Crippen molar-refractivity contribution in [1.29, 1.82) is 5.26 Å². The van der Waals surface area contributed by atoms with Crippen LogP contribution in [0.5, 0.6) is 0 Å². The van der Waals surface area contributed by atoms with E-state index < -0.39 is 0 Å². The number of hydrogen-bond acceptors (Lipinski definition) is 5. The van der Waals surface area contributed by atoms with Gasteiger partial charge in [-0.2, -0.15) is 5.26 Å². The van der Waals surface area contributed by atoms with Crippen molar-refractivity contribution in [2.45, 2.75) is 13.3 Å².